The fourth-order valence-corrected chi connectivity index (χ4v) is 2.65. The van der Waals surface area contributed by atoms with Gasteiger partial charge in [0.2, 0.25) is 0 Å². The van der Waals surface area contributed by atoms with Gasteiger partial charge in [-0.2, -0.15) is 0 Å². The van der Waals surface area contributed by atoms with Crippen molar-refractivity contribution in [1.29, 1.82) is 0 Å². The van der Waals surface area contributed by atoms with Crippen LogP contribution in [-0.2, 0) is 13.0 Å². The first-order valence-electron chi connectivity index (χ1n) is 6.53. The highest BCUT2D eigenvalue weighted by atomic mass is 16.5. The summed E-state index contributed by atoms with van der Waals surface area (Å²) in [7, 11) is 1.66. The summed E-state index contributed by atoms with van der Waals surface area (Å²) in [5.74, 6) is 0.804. The molecule has 1 aliphatic heterocycles. The Morgan fingerprint density at radius 2 is 1.89 bits per heavy atom. The van der Waals surface area contributed by atoms with Gasteiger partial charge >= 0.3 is 0 Å². The monoisotopic (exact) mass is 254 g/mol. The maximum atomic E-state index is 6.13. The number of rotatable bonds is 2. The highest BCUT2D eigenvalue weighted by Crippen LogP contribution is 2.31. The molecule has 0 unspecified atom stereocenters. The molecule has 0 aliphatic carbocycles. The summed E-state index contributed by atoms with van der Waals surface area (Å²) in [5.41, 5.74) is 10.8. The van der Waals surface area contributed by atoms with Crippen molar-refractivity contribution in [2.75, 3.05) is 24.3 Å². The molecule has 0 radical (unpaired) electrons. The number of benzene rings is 2. The minimum absolute atomic E-state index is 0.777. The number of nitrogens with zero attached hydrogens (tertiary/aromatic N) is 1. The van der Waals surface area contributed by atoms with Gasteiger partial charge in [0.15, 0.2) is 0 Å². The molecule has 0 amide bonds. The van der Waals surface area contributed by atoms with Gasteiger partial charge in [0.25, 0.3) is 0 Å². The summed E-state index contributed by atoms with van der Waals surface area (Å²) >= 11 is 0. The zero-order chi connectivity index (χ0) is 13.2. The van der Waals surface area contributed by atoms with E-state index in [0.29, 0.717) is 0 Å². The minimum Gasteiger partial charge on any atom is -0.497 e. The van der Waals surface area contributed by atoms with Gasteiger partial charge in [0.05, 0.1) is 18.5 Å². The smallest absolute Gasteiger partial charge is 0.121 e. The Balaban J connectivity index is 1.89. The van der Waals surface area contributed by atoms with Gasteiger partial charge in [0.1, 0.15) is 5.75 Å². The van der Waals surface area contributed by atoms with E-state index in [1.807, 2.05) is 18.2 Å². The lowest BCUT2D eigenvalue weighted by Crippen LogP contribution is -2.30. The second-order valence-electron chi connectivity index (χ2n) is 4.87. The summed E-state index contributed by atoms with van der Waals surface area (Å²) in [4.78, 5) is 2.33. The van der Waals surface area contributed by atoms with Crippen molar-refractivity contribution >= 4 is 11.4 Å². The molecule has 98 valence electrons. The molecule has 2 aromatic carbocycles. The van der Waals surface area contributed by atoms with Crippen molar-refractivity contribution in [2.45, 2.75) is 13.0 Å². The van der Waals surface area contributed by atoms with Crippen LogP contribution in [0.15, 0.2) is 42.5 Å². The third-order valence-corrected chi connectivity index (χ3v) is 3.71. The average molecular weight is 254 g/mol. The number of nitrogen functional groups attached to an aromatic ring is 1. The molecule has 0 spiro atoms. The van der Waals surface area contributed by atoms with Crippen LogP contribution >= 0.6 is 0 Å². The number of ether oxygens (including phenoxy) is 1. The van der Waals surface area contributed by atoms with Crippen LogP contribution in [0.5, 0.6) is 5.75 Å². The number of anilines is 2. The van der Waals surface area contributed by atoms with Crippen molar-refractivity contribution in [3.63, 3.8) is 0 Å². The highest BCUT2D eigenvalue weighted by molar-refractivity contribution is 5.70. The van der Waals surface area contributed by atoms with Crippen molar-refractivity contribution in [1.82, 2.24) is 0 Å². The maximum absolute atomic E-state index is 6.13. The Morgan fingerprint density at radius 1 is 1.11 bits per heavy atom. The first-order chi connectivity index (χ1) is 9.28. The van der Waals surface area contributed by atoms with E-state index in [-0.39, 0.29) is 0 Å². The van der Waals surface area contributed by atoms with Crippen LogP contribution in [0.1, 0.15) is 11.1 Å². The quantitative estimate of drug-likeness (QED) is 0.837. The van der Waals surface area contributed by atoms with Crippen LogP contribution in [0.25, 0.3) is 0 Å². The number of hydrogen-bond donors (Lipinski definition) is 1. The Hall–Kier alpha value is -2.16. The normalized spacial score (nSPS) is 14.1. The molecule has 0 saturated carbocycles. The summed E-state index contributed by atoms with van der Waals surface area (Å²) in [6.45, 7) is 1.93. The van der Waals surface area contributed by atoms with E-state index >= 15 is 0 Å². The number of hydrogen-bond acceptors (Lipinski definition) is 3. The van der Waals surface area contributed by atoms with Gasteiger partial charge < -0.3 is 15.4 Å². The predicted molar refractivity (Wildman–Crippen MR) is 78.6 cm³/mol. The molecule has 3 nitrogen and oxygen atoms in total. The molecule has 3 rings (SSSR count). The molecule has 0 fully saturated rings. The van der Waals surface area contributed by atoms with E-state index in [2.05, 4.69) is 29.2 Å². The summed E-state index contributed by atoms with van der Waals surface area (Å²) < 4.78 is 5.20. The van der Waals surface area contributed by atoms with Crippen LogP contribution in [-0.4, -0.2) is 13.7 Å². The van der Waals surface area contributed by atoms with Gasteiger partial charge in [-0.1, -0.05) is 24.3 Å². The molecule has 3 heteroatoms. The topological polar surface area (TPSA) is 38.5 Å². The van der Waals surface area contributed by atoms with Crippen molar-refractivity contribution < 1.29 is 4.74 Å². The van der Waals surface area contributed by atoms with Crippen molar-refractivity contribution in [3.05, 3.63) is 53.6 Å². The van der Waals surface area contributed by atoms with E-state index in [1.54, 1.807) is 7.11 Å². The zero-order valence-electron chi connectivity index (χ0n) is 11.1. The molecule has 19 heavy (non-hydrogen) atoms. The second-order valence-corrected chi connectivity index (χ2v) is 4.87. The molecule has 1 aliphatic rings. The molecule has 2 aromatic rings. The van der Waals surface area contributed by atoms with Gasteiger partial charge in [-0.25, -0.2) is 0 Å². The fourth-order valence-electron chi connectivity index (χ4n) is 2.65. The van der Waals surface area contributed by atoms with E-state index < -0.39 is 0 Å². The molecular formula is C16H18N2O. The first kappa shape index (κ1) is 11.9. The van der Waals surface area contributed by atoms with E-state index in [1.165, 1.54) is 11.1 Å². The van der Waals surface area contributed by atoms with Gasteiger partial charge in [-0.3, -0.25) is 0 Å². The number of fused-ring (bicyclic) bond motifs is 1. The lowest BCUT2D eigenvalue weighted by Gasteiger charge is -2.31. The maximum Gasteiger partial charge on any atom is 0.121 e. The standard InChI is InChI=1S/C16H18N2O/c1-19-14-6-7-16(15(17)10-14)18-9-8-12-4-2-3-5-13(12)11-18/h2-7,10H,8-9,11,17H2,1H3. The second kappa shape index (κ2) is 4.84. The Morgan fingerprint density at radius 3 is 2.63 bits per heavy atom. The molecule has 1 heterocycles. The average Bonchev–Trinajstić information content (AvgIpc) is 2.46. The molecule has 0 aromatic heterocycles. The minimum atomic E-state index is 0.777. The van der Waals surface area contributed by atoms with Crippen LogP contribution in [0.3, 0.4) is 0 Å². The third kappa shape index (κ3) is 2.24. The fraction of sp³-hybridized carbons (Fsp3) is 0.250. The first-order valence-corrected chi connectivity index (χ1v) is 6.53. The van der Waals surface area contributed by atoms with E-state index in [9.17, 15) is 0 Å². The summed E-state index contributed by atoms with van der Waals surface area (Å²) in [5, 5.41) is 0. The Labute approximate surface area is 113 Å². The predicted octanol–water partition coefficient (Wildman–Crippen LogP) is 2.84. The molecule has 0 atom stereocenters. The molecule has 0 saturated heterocycles. The van der Waals surface area contributed by atoms with E-state index in [4.69, 9.17) is 10.5 Å². The third-order valence-electron chi connectivity index (χ3n) is 3.71. The number of nitrogens with two attached hydrogens (primary N) is 1. The molecule has 0 bridgehead atoms. The van der Waals surface area contributed by atoms with Crippen LogP contribution in [0.4, 0.5) is 11.4 Å². The van der Waals surface area contributed by atoms with Gasteiger partial charge in [0, 0.05) is 19.2 Å². The zero-order valence-corrected chi connectivity index (χ0v) is 11.1. The van der Waals surface area contributed by atoms with Crippen LogP contribution < -0.4 is 15.4 Å². The number of methoxy groups -OCH3 is 1. The van der Waals surface area contributed by atoms with Crippen molar-refractivity contribution in [2.24, 2.45) is 0 Å². The van der Waals surface area contributed by atoms with Crippen molar-refractivity contribution in [3.8, 4) is 5.75 Å². The summed E-state index contributed by atoms with van der Waals surface area (Å²) in [6, 6.07) is 14.5. The largest absolute Gasteiger partial charge is 0.497 e. The SMILES string of the molecule is COc1ccc(N2CCc3ccccc3C2)c(N)c1. The lowest BCUT2D eigenvalue weighted by molar-refractivity contribution is 0.415. The van der Waals surface area contributed by atoms with Gasteiger partial charge in [-0.15, -0.1) is 0 Å². The van der Waals surface area contributed by atoms with E-state index in [0.717, 1.165) is 36.6 Å². The Bertz CT molecular complexity index is 595. The Kier molecular flexibility index (Phi) is 3.03. The highest BCUT2D eigenvalue weighted by Gasteiger charge is 2.17. The molecular weight excluding hydrogens is 236 g/mol. The van der Waals surface area contributed by atoms with Crippen LogP contribution in [0.2, 0.25) is 0 Å². The van der Waals surface area contributed by atoms with Gasteiger partial charge in [-0.05, 0) is 29.7 Å². The lowest BCUT2D eigenvalue weighted by atomic mass is 9.99. The summed E-state index contributed by atoms with van der Waals surface area (Å²) in [6.07, 6.45) is 1.07. The van der Waals surface area contributed by atoms with Crippen LogP contribution in [0, 0.1) is 0 Å². The molecule has 2 N–H and O–H groups in total.